The van der Waals surface area contributed by atoms with Crippen LogP contribution in [0.25, 0.3) is 0 Å². The van der Waals surface area contributed by atoms with Crippen molar-refractivity contribution < 1.29 is 14.4 Å². The van der Waals surface area contributed by atoms with E-state index in [1.54, 1.807) is 5.57 Å². The molecule has 0 heterocycles. The summed E-state index contributed by atoms with van der Waals surface area (Å²) >= 11 is 0. The Morgan fingerprint density at radius 3 is 2.26 bits per heavy atom. The molecule has 0 saturated heterocycles. The van der Waals surface area contributed by atoms with Gasteiger partial charge in [-0.15, -0.1) is 0 Å². The van der Waals surface area contributed by atoms with Crippen molar-refractivity contribution in [1.29, 1.82) is 0 Å². The highest BCUT2D eigenvalue weighted by Crippen LogP contribution is 2.37. The predicted octanol–water partition coefficient (Wildman–Crippen LogP) is 7.94. The predicted molar refractivity (Wildman–Crippen MR) is 141 cm³/mol. The lowest BCUT2D eigenvalue weighted by atomic mass is 9.71. The van der Waals surface area contributed by atoms with Gasteiger partial charge in [-0.1, -0.05) is 50.5 Å². The van der Waals surface area contributed by atoms with Gasteiger partial charge in [0.05, 0.1) is 6.42 Å². The van der Waals surface area contributed by atoms with Crippen molar-refractivity contribution in [2.75, 3.05) is 0 Å². The molecule has 0 saturated carbocycles. The number of benzene rings is 1. The number of allylic oxidation sites excluding steroid dienone is 2. The second-order valence-electron chi connectivity index (χ2n) is 10.7. The zero-order valence-corrected chi connectivity index (χ0v) is 22.5. The maximum Gasteiger partial charge on any atom is 0.163 e. The largest absolute Gasteiger partial charge is 0.300 e. The number of rotatable bonds is 9. The lowest BCUT2D eigenvalue weighted by Crippen LogP contribution is -2.30. The molecule has 0 N–H and O–H groups in total. The second-order valence-corrected chi connectivity index (χ2v) is 10.7. The summed E-state index contributed by atoms with van der Waals surface area (Å²) in [7, 11) is 0. The van der Waals surface area contributed by atoms with Gasteiger partial charge in [-0.2, -0.15) is 0 Å². The Morgan fingerprint density at radius 1 is 1.03 bits per heavy atom. The normalized spacial score (nSPS) is 19.3. The highest BCUT2D eigenvalue weighted by Gasteiger charge is 2.33. The molecule has 3 heteroatoms. The minimum Gasteiger partial charge on any atom is -0.300 e. The van der Waals surface area contributed by atoms with E-state index in [0.29, 0.717) is 12.3 Å². The fourth-order valence-corrected chi connectivity index (χ4v) is 5.89. The van der Waals surface area contributed by atoms with Crippen LogP contribution >= 0.6 is 0 Å². The van der Waals surface area contributed by atoms with Gasteiger partial charge in [-0.25, -0.2) is 0 Å². The molecule has 0 fully saturated rings. The summed E-state index contributed by atoms with van der Waals surface area (Å²) in [5, 5.41) is 0. The molecule has 1 aromatic carbocycles. The van der Waals surface area contributed by atoms with E-state index in [9.17, 15) is 14.4 Å². The minimum atomic E-state index is -0.0658. The molecule has 3 rings (SSSR count). The Hall–Kier alpha value is -2.03. The third-order valence-electron chi connectivity index (χ3n) is 7.66. The number of carbonyl (C=O) groups excluding carboxylic acids is 3. The maximum absolute atomic E-state index is 12.8. The lowest BCUT2D eigenvalue weighted by molar-refractivity contribution is -0.129. The number of aryl methyl sites for hydroxylation is 2. The Kier molecular flexibility index (Phi) is 11.4. The summed E-state index contributed by atoms with van der Waals surface area (Å²) < 4.78 is 0. The molecule has 188 valence electrons. The Balaban J connectivity index is 0.000000497. The average molecular weight is 467 g/mol. The van der Waals surface area contributed by atoms with Crippen LogP contribution in [0.1, 0.15) is 119 Å². The molecule has 0 radical (unpaired) electrons. The van der Waals surface area contributed by atoms with Crippen LogP contribution in [0.15, 0.2) is 23.8 Å². The Morgan fingerprint density at radius 2 is 1.74 bits per heavy atom. The van der Waals surface area contributed by atoms with Crippen LogP contribution in [0.3, 0.4) is 0 Å². The molecular formula is C31H46O3. The van der Waals surface area contributed by atoms with E-state index in [1.165, 1.54) is 43.7 Å². The highest BCUT2D eigenvalue weighted by atomic mass is 16.1. The zero-order valence-electron chi connectivity index (χ0n) is 22.5. The third kappa shape index (κ3) is 8.03. The van der Waals surface area contributed by atoms with Crippen LogP contribution in [0, 0.1) is 31.6 Å². The van der Waals surface area contributed by atoms with Gasteiger partial charge in [0.25, 0.3) is 0 Å². The molecule has 3 nitrogen and oxygen atoms in total. The lowest BCUT2D eigenvalue weighted by Gasteiger charge is -2.32. The van der Waals surface area contributed by atoms with Crippen molar-refractivity contribution in [3.8, 4) is 0 Å². The van der Waals surface area contributed by atoms with Gasteiger partial charge in [0.15, 0.2) is 5.78 Å². The van der Waals surface area contributed by atoms with Crippen LogP contribution < -0.4 is 0 Å². The smallest absolute Gasteiger partial charge is 0.163 e. The summed E-state index contributed by atoms with van der Waals surface area (Å²) in [5.74, 6) is 0.766. The molecule has 0 spiro atoms. The molecule has 2 aliphatic rings. The van der Waals surface area contributed by atoms with Gasteiger partial charge in [0.2, 0.25) is 0 Å². The van der Waals surface area contributed by atoms with Crippen LogP contribution in [-0.2, 0) is 16.0 Å². The van der Waals surface area contributed by atoms with Crippen LogP contribution in [0.2, 0.25) is 0 Å². The van der Waals surface area contributed by atoms with E-state index in [2.05, 4.69) is 32.9 Å². The first kappa shape index (κ1) is 28.2. The van der Waals surface area contributed by atoms with E-state index in [-0.39, 0.29) is 35.6 Å². The molecular weight excluding hydrogens is 420 g/mol. The Labute approximate surface area is 207 Å². The standard InChI is InChI=1S/C24H34O3.C7H12/c1-6-8-19(20(7-2)22(26)11-17(5)25)12-18-13-21-15(3)9-10-16(4)24(21)23(27)14-18;1-7-5-3-2-4-6-7/h9-10,18-20H,6-8,11-14H2,1-5H3;5H,2-4,6H2,1H3. The van der Waals surface area contributed by atoms with Crippen LogP contribution in [0.4, 0.5) is 0 Å². The maximum atomic E-state index is 12.8. The van der Waals surface area contributed by atoms with Crippen LogP contribution in [-0.4, -0.2) is 17.3 Å². The topological polar surface area (TPSA) is 51.2 Å². The molecule has 0 amide bonds. The van der Waals surface area contributed by atoms with E-state index in [1.807, 2.05) is 19.9 Å². The first-order valence-corrected chi connectivity index (χ1v) is 13.5. The van der Waals surface area contributed by atoms with E-state index >= 15 is 0 Å². The van der Waals surface area contributed by atoms with Crippen molar-refractivity contribution >= 4 is 17.3 Å². The molecule has 1 aromatic rings. The third-order valence-corrected chi connectivity index (χ3v) is 7.66. The monoisotopic (exact) mass is 466 g/mol. The number of hydrogen-bond acceptors (Lipinski definition) is 3. The summed E-state index contributed by atoms with van der Waals surface area (Å²) in [6.45, 7) is 12.0. The van der Waals surface area contributed by atoms with Crippen molar-refractivity contribution in [1.82, 2.24) is 0 Å². The van der Waals surface area contributed by atoms with E-state index < -0.39 is 0 Å². The molecule has 2 aliphatic carbocycles. The van der Waals surface area contributed by atoms with Crippen molar-refractivity contribution in [3.63, 3.8) is 0 Å². The molecule has 0 bridgehead atoms. The number of Topliss-reactive ketones (excluding diaryl/α,β-unsaturated/α-hetero) is 3. The van der Waals surface area contributed by atoms with Gasteiger partial charge in [0.1, 0.15) is 11.6 Å². The first-order chi connectivity index (χ1) is 16.2. The molecule has 3 atom stereocenters. The highest BCUT2D eigenvalue weighted by molar-refractivity contribution is 6.00. The first-order valence-electron chi connectivity index (χ1n) is 13.5. The van der Waals surface area contributed by atoms with Gasteiger partial charge in [0, 0.05) is 17.9 Å². The van der Waals surface area contributed by atoms with Crippen molar-refractivity contribution in [2.24, 2.45) is 17.8 Å². The fourth-order valence-electron chi connectivity index (χ4n) is 5.89. The van der Waals surface area contributed by atoms with Crippen molar-refractivity contribution in [2.45, 2.75) is 112 Å². The second kappa shape index (κ2) is 13.8. The van der Waals surface area contributed by atoms with E-state index in [0.717, 1.165) is 43.2 Å². The Bertz CT molecular complexity index is 892. The summed E-state index contributed by atoms with van der Waals surface area (Å²) in [6.07, 6.45) is 13.1. The number of carbonyl (C=O) groups is 3. The molecule has 34 heavy (non-hydrogen) atoms. The molecule has 3 unspecified atom stereocenters. The minimum absolute atomic E-state index is 0.0451. The summed E-state index contributed by atoms with van der Waals surface area (Å²) in [5.41, 5.74) is 5.99. The fraction of sp³-hybridized carbons (Fsp3) is 0.645. The molecule has 0 aliphatic heterocycles. The van der Waals surface area contributed by atoms with Gasteiger partial charge >= 0.3 is 0 Å². The van der Waals surface area contributed by atoms with Gasteiger partial charge in [-0.3, -0.25) is 14.4 Å². The summed E-state index contributed by atoms with van der Waals surface area (Å²) in [6, 6.07) is 4.15. The number of fused-ring (bicyclic) bond motifs is 1. The SMILES string of the molecule is CC1=CCCCC1.CCCC(CC1CC(=O)c2c(C)ccc(C)c2C1)C(CC)C(=O)CC(C)=O. The number of hydrogen-bond donors (Lipinski definition) is 0. The summed E-state index contributed by atoms with van der Waals surface area (Å²) in [4.78, 5) is 36.9. The zero-order chi connectivity index (χ0) is 25.3. The average Bonchev–Trinajstić information content (AvgIpc) is 2.77. The van der Waals surface area contributed by atoms with Crippen molar-refractivity contribution in [3.05, 3.63) is 46.0 Å². The molecule has 0 aromatic heterocycles. The quantitative estimate of drug-likeness (QED) is 0.274. The van der Waals surface area contributed by atoms with E-state index in [4.69, 9.17) is 0 Å². The van der Waals surface area contributed by atoms with Gasteiger partial charge in [-0.05, 0) is 101 Å². The number of ketones is 3. The van der Waals surface area contributed by atoms with Crippen LogP contribution in [0.5, 0.6) is 0 Å². The van der Waals surface area contributed by atoms with Gasteiger partial charge < -0.3 is 0 Å².